The average molecular weight is 456 g/mol. The number of fused-ring (bicyclic) bond motifs is 1. The summed E-state index contributed by atoms with van der Waals surface area (Å²) in [6.07, 6.45) is 5.44. The molecule has 0 bridgehead atoms. The molecule has 10 heteroatoms. The van der Waals surface area contributed by atoms with Crippen LogP contribution in [0.3, 0.4) is 0 Å². The van der Waals surface area contributed by atoms with Crippen LogP contribution in [-0.4, -0.2) is 51.5 Å². The summed E-state index contributed by atoms with van der Waals surface area (Å²) in [6.45, 7) is 1.84. The number of hydrogen-bond donors (Lipinski definition) is 3. The summed E-state index contributed by atoms with van der Waals surface area (Å²) in [6, 6.07) is 8.99. The van der Waals surface area contributed by atoms with Crippen molar-refractivity contribution in [2.75, 3.05) is 13.2 Å². The Morgan fingerprint density at radius 2 is 2.06 bits per heavy atom. The molecule has 0 radical (unpaired) electrons. The molecule has 0 aliphatic heterocycles. The van der Waals surface area contributed by atoms with Crippen molar-refractivity contribution in [1.29, 1.82) is 0 Å². The van der Waals surface area contributed by atoms with Gasteiger partial charge >= 0.3 is 0 Å². The number of aryl methyl sites for hydroxylation is 1. The van der Waals surface area contributed by atoms with Crippen LogP contribution in [0.2, 0.25) is 0 Å². The fourth-order valence-corrected chi connectivity index (χ4v) is 3.57. The van der Waals surface area contributed by atoms with E-state index in [1.807, 2.05) is 38.4 Å². The maximum Gasteiger partial charge on any atom is 0.288 e. The molecule has 3 N–H and O–H groups in total. The molecule has 0 saturated carbocycles. The summed E-state index contributed by atoms with van der Waals surface area (Å²) in [5.74, 6) is -0.747. The summed E-state index contributed by atoms with van der Waals surface area (Å²) < 4.78 is 7.42. The summed E-state index contributed by atoms with van der Waals surface area (Å²) in [7, 11) is 1.85. The number of nitrogens with one attached hydrogen (secondary N) is 2. The highest BCUT2D eigenvalue weighted by atomic mass is 16.5. The lowest BCUT2D eigenvalue weighted by atomic mass is 10.0. The van der Waals surface area contributed by atoms with E-state index in [4.69, 9.17) is 4.42 Å². The van der Waals surface area contributed by atoms with Gasteiger partial charge in [-0.1, -0.05) is 38.3 Å². The van der Waals surface area contributed by atoms with E-state index in [9.17, 15) is 19.6 Å². The van der Waals surface area contributed by atoms with Gasteiger partial charge in [0.25, 0.3) is 5.91 Å². The molecule has 10 nitrogen and oxygen atoms in total. The summed E-state index contributed by atoms with van der Waals surface area (Å²) in [5.41, 5.74) is 1.62. The van der Waals surface area contributed by atoms with E-state index < -0.39 is 11.8 Å². The quantitative estimate of drug-likeness (QED) is 0.127. The van der Waals surface area contributed by atoms with Crippen molar-refractivity contribution in [2.24, 2.45) is 13.0 Å². The lowest BCUT2D eigenvalue weighted by Gasteiger charge is -2.19. The SMILES string of the molecule is CCCCC[C@H](CN(O)C=O)C(=O)NCNC(=O)c1ccc(-c2ccc3cn(C)nc3c2)o1. The van der Waals surface area contributed by atoms with Crippen LogP contribution in [0.1, 0.15) is 43.2 Å². The topological polar surface area (TPSA) is 130 Å². The number of nitrogens with zero attached hydrogens (tertiary/aromatic N) is 3. The zero-order chi connectivity index (χ0) is 23.8. The number of hydrogen-bond acceptors (Lipinski definition) is 6. The summed E-state index contributed by atoms with van der Waals surface area (Å²) >= 11 is 0. The van der Waals surface area contributed by atoms with E-state index in [1.165, 1.54) is 0 Å². The number of benzene rings is 1. The molecule has 0 aliphatic rings. The van der Waals surface area contributed by atoms with E-state index in [1.54, 1.807) is 16.8 Å². The monoisotopic (exact) mass is 455 g/mol. The second-order valence-electron chi connectivity index (χ2n) is 7.88. The molecule has 3 rings (SSSR count). The normalized spacial score (nSPS) is 11.8. The number of amides is 3. The molecular weight excluding hydrogens is 426 g/mol. The molecule has 0 fully saturated rings. The van der Waals surface area contributed by atoms with Crippen LogP contribution in [-0.2, 0) is 16.6 Å². The Kier molecular flexibility index (Phi) is 8.20. The predicted molar refractivity (Wildman–Crippen MR) is 121 cm³/mol. The Morgan fingerprint density at radius 3 is 2.82 bits per heavy atom. The second kappa shape index (κ2) is 11.3. The zero-order valence-corrected chi connectivity index (χ0v) is 18.8. The van der Waals surface area contributed by atoms with Gasteiger partial charge in [-0.15, -0.1) is 0 Å². The van der Waals surface area contributed by atoms with Crippen LogP contribution in [0.4, 0.5) is 0 Å². The Balaban J connectivity index is 1.54. The first-order valence-corrected chi connectivity index (χ1v) is 10.9. The first-order valence-electron chi connectivity index (χ1n) is 10.9. The fourth-order valence-electron chi connectivity index (χ4n) is 3.57. The van der Waals surface area contributed by atoms with Gasteiger partial charge in [0.1, 0.15) is 5.76 Å². The van der Waals surface area contributed by atoms with Gasteiger partial charge in [-0.25, -0.2) is 5.06 Å². The highest BCUT2D eigenvalue weighted by molar-refractivity contribution is 5.92. The van der Waals surface area contributed by atoms with Gasteiger partial charge in [0.15, 0.2) is 5.76 Å². The van der Waals surface area contributed by atoms with Crippen molar-refractivity contribution in [3.8, 4) is 11.3 Å². The maximum absolute atomic E-state index is 12.5. The minimum absolute atomic E-state index is 0.102. The average Bonchev–Trinajstić information content (AvgIpc) is 3.43. The smallest absolute Gasteiger partial charge is 0.288 e. The zero-order valence-electron chi connectivity index (χ0n) is 18.8. The van der Waals surface area contributed by atoms with Gasteiger partial charge in [-0.3, -0.25) is 24.3 Å². The molecule has 33 heavy (non-hydrogen) atoms. The summed E-state index contributed by atoms with van der Waals surface area (Å²) in [4.78, 5) is 35.6. The van der Waals surface area contributed by atoms with Crippen molar-refractivity contribution in [3.63, 3.8) is 0 Å². The van der Waals surface area contributed by atoms with Crippen molar-refractivity contribution < 1.29 is 24.0 Å². The number of carbonyl (C=O) groups is 3. The molecule has 0 unspecified atom stereocenters. The lowest BCUT2D eigenvalue weighted by Crippen LogP contribution is -2.42. The molecule has 176 valence electrons. The molecule has 2 heterocycles. The van der Waals surface area contributed by atoms with Gasteiger partial charge in [0.2, 0.25) is 12.3 Å². The van der Waals surface area contributed by atoms with Crippen molar-refractivity contribution >= 4 is 29.1 Å². The van der Waals surface area contributed by atoms with Gasteiger partial charge in [-0.2, -0.15) is 5.10 Å². The van der Waals surface area contributed by atoms with Gasteiger partial charge in [-0.05, 0) is 24.6 Å². The highest BCUT2D eigenvalue weighted by Gasteiger charge is 2.21. The number of unbranched alkanes of at least 4 members (excludes halogenated alkanes) is 2. The number of carbonyl (C=O) groups excluding carboxylic acids is 3. The minimum Gasteiger partial charge on any atom is -0.451 e. The highest BCUT2D eigenvalue weighted by Crippen LogP contribution is 2.25. The molecule has 2 aromatic heterocycles. The van der Waals surface area contributed by atoms with Crippen LogP contribution >= 0.6 is 0 Å². The van der Waals surface area contributed by atoms with Gasteiger partial charge in [0.05, 0.1) is 24.6 Å². The first-order chi connectivity index (χ1) is 15.9. The Morgan fingerprint density at radius 1 is 1.24 bits per heavy atom. The van der Waals surface area contributed by atoms with E-state index in [2.05, 4.69) is 15.7 Å². The molecule has 0 aliphatic carbocycles. The number of hydroxylamine groups is 2. The van der Waals surface area contributed by atoms with Crippen LogP contribution in [0, 0.1) is 5.92 Å². The Hall–Kier alpha value is -3.66. The third-order valence-corrected chi connectivity index (χ3v) is 5.30. The lowest BCUT2D eigenvalue weighted by molar-refractivity contribution is -0.154. The number of rotatable bonds is 12. The summed E-state index contributed by atoms with van der Waals surface area (Å²) in [5, 5.41) is 20.5. The molecule has 0 spiro atoms. The van der Waals surface area contributed by atoms with E-state index >= 15 is 0 Å². The van der Waals surface area contributed by atoms with Crippen molar-refractivity contribution in [3.05, 3.63) is 42.3 Å². The van der Waals surface area contributed by atoms with Crippen LogP contribution in [0.25, 0.3) is 22.2 Å². The molecular formula is C23H29N5O5. The maximum atomic E-state index is 12.5. The van der Waals surface area contributed by atoms with Crippen molar-refractivity contribution in [2.45, 2.75) is 32.6 Å². The Labute approximate surface area is 191 Å². The van der Waals surface area contributed by atoms with Crippen LogP contribution < -0.4 is 10.6 Å². The molecule has 3 amide bonds. The van der Waals surface area contributed by atoms with Crippen molar-refractivity contribution in [1.82, 2.24) is 25.5 Å². The molecule has 1 aromatic carbocycles. The van der Waals surface area contributed by atoms with Gasteiger partial charge < -0.3 is 15.1 Å². The number of furan rings is 1. The predicted octanol–water partition coefficient (Wildman–Crippen LogP) is 2.68. The number of aromatic nitrogens is 2. The Bertz CT molecular complexity index is 1110. The molecule has 0 saturated heterocycles. The third-order valence-electron chi connectivity index (χ3n) is 5.30. The van der Waals surface area contributed by atoms with E-state index in [0.717, 1.165) is 35.7 Å². The fraction of sp³-hybridized carbons (Fsp3) is 0.391. The standard InChI is InChI=1S/C23H29N5O5/c1-3-4-5-6-18(13-28(32)15-29)22(30)24-14-25-23(31)21-10-9-20(33-21)16-7-8-17-12-27(2)26-19(17)11-16/h7-12,15,18,32H,3-6,13-14H2,1-2H3,(H,24,30)(H,25,31)/t18-/m1/s1. The van der Waals surface area contributed by atoms with Crippen LogP contribution in [0.15, 0.2) is 40.9 Å². The van der Waals surface area contributed by atoms with Gasteiger partial charge in [0, 0.05) is 24.2 Å². The third kappa shape index (κ3) is 6.42. The minimum atomic E-state index is -0.569. The molecule has 3 aromatic rings. The molecule has 1 atom stereocenters. The first kappa shape index (κ1) is 24.0. The second-order valence-corrected chi connectivity index (χ2v) is 7.88. The van der Waals surface area contributed by atoms with E-state index in [-0.39, 0.29) is 31.3 Å². The van der Waals surface area contributed by atoms with E-state index in [0.29, 0.717) is 17.2 Å². The van der Waals surface area contributed by atoms with Crippen LogP contribution in [0.5, 0.6) is 0 Å². The largest absolute Gasteiger partial charge is 0.451 e.